The van der Waals surface area contributed by atoms with Gasteiger partial charge >= 0.3 is 6.18 Å². The number of rotatable bonds is 4. The van der Waals surface area contributed by atoms with Crippen molar-refractivity contribution in [1.82, 2.24) is 15.5 Å². The molecule has 0 unspecified atom stereocenters. The van der Waals surface area contributed by atoms with Crippen molar-refractivity contribution in [2.75, 3.05) is 5.32 Å². The molecule has 166 valence electrons. The third-order valence-corrected chi connectivity index (χ3v) is 5.32. The number of H-pyrrole nitrogens is 1. The van der Waals surface area contributed by atoms with E-state index in [9.17, 15) is 18.0 Å². The zero-order valence-electron chi connectivity index (χ0n) is 16.7. The van der Waals surface area contributed by atoms with Crippen molar-refractivity contribution in [3.63, 3.8) is 0 Å². The van der Waals surface area contributed by atoms with Crippen LogP contribution in [0, 0.1) is 0 Å². The lowest BCUT2D eigenvalue weighted by Crippen LogP contribution is -2.38. The van der Waals surface area contributed by atoms with Crippen LogP contribution in [0.5, 0.6) is 0 Å². The van der Waals surface area contributed by atoms with Gasteiger partial charge in [-0.05, 0) is 61.2 Å². The number of carbonyl (C=O) groups is 1. The van der Waals surface area contributed by atoms with Crippen LogP contribution in [0.1, 0.15) is 35.2 Å². The third kappa shape index (κ3) is 5.28. The molecule has 1 heterocycles. The van der Waals surface area contributed by atoms with Gasteiger partial charge in [0.15, 0.2) is 5.82 Å². The second kappa shape index (κ2) is 9.04. The molecule has 1 aromatic heterocycles. The number of amides is 1. The van der Waals surface area contributed by atoms with Gasteiger partial charge in [-0.2, -0.15) is 18.3 Å². The van der Waals surface area contributed by atoms with Gasteiger partial charge in [-0.1, -0.05) is 23.7 Å². The topological polar surface area (TPSA) is 82.2 Å². The third-order valence-electron chi connectivity index (χ3n) is 5.07. The van der Waals surface area contributed by atoms with Crippen molar-refractivity contribution in [2.24, 2.45) is 4.99 Å². The molecular weight excluding hydrogens is 443 g/mol. The van der Waals surface area contributed by atoms with Gasteiger partial charge < -0.3 is 5.32 Å². The Bertz CT molecular complexity index is 1120. The molecule has 4 rings (SSSR count). The minimum atomic E-state index is -4.46. The number of benzene rings is 2. The summed E-state index contributed by atoms with van der Waals surface area (Å²) in [5.41, 5.74) is 0.884. The van der Waals surface area contributed by atoms with Gasteiger partial charge in [-0.25, -0.2) is 4.99 Å². The average Bonchev–Trinajstić information content (AvgIpc) is 3.19. The highest BCUT2D eigenvalue weighted by atomic mass is 35.5. The Kier molecular flexibility index (Phi) is 6.18. The summed E-state index contributed by atoms with van der Waals surface area (Å²) in [6.07, 6.45) is -1.61. The summed E-state index contributed by atoms with van der Waals surface area (Å²) in [4.78, 5) is 17.1. The highest BCUT2D eigenvalue weighted by molar-refractivity contribution is 6.30. The molecule has 0 spiro atoms. The Morgan fingerprint density at radius 3 is 2.38 bits per heavy atom. The van der Waals surface area contributed by atoms with E-state index in [1.165, 1.54) is 0 Å². The molecule has 1 fully saturated rings. The van der Waals surface area contributed by atoms with Crippen LogP contribution in [0.2, 0.25) is 5.02 Å². The van der Waals surface area contributed by atoms with Gasteiger partial charge in [0.1, 0.15) is 0 Å². The Balaban J connectivity index is 1.49. The molecule has 3 aromatic rings. The normalized spacial score (nSPS) is 14.7. The van der Waals surface area contributed by atoms with E-state index < -0.39 is 17.6 Å². The molecular formula is C22H19ClF3N5O. The van der Waals surface area contributed by atoms with Gasteiger partial charge in [-0.3, -0.25) is 15.2 Å². The van der Waals surface area contributed by atoms with Gasteiger partial charge in [-0.15, -0.1) is 0 Å². The van der Waals surface area contributed by atoms with Crippen LogP contribution in [0.3, 0.4) is 0 Å². The molecule has 2 aromatic carbocycles. The lowest BCUT2D eigenvalue weighted by Gasteiger charge is -2.22. The second-order valence-electron chi connectivity index (χ2n) is 7.39. The second-order valence-corrected chi connectivity index (χ2v) is 7.83. The van der Waals surface area contributed by atoms with E-state index in [4.69, 9.17) is 11.6 Å². The number of guanidine groups is 1. The minimum absolute atomic E-state index is 0.0695. The van der Waals surface area contributed by atoms with Crippen molar-refractivity contribution < 1.29 is 18.0 Å². The quantitative estimate of drug-likeness (QED) is 0.354. The van der Waals surface area contributed by atoms with Crippen LogP contribution in [-0.4, -0.2) is 28.1 Å². The number of aliphatic imine (C=N–C) groups is 1. The van der Waals surface area contributed by atoms with E-state index in [0.717, 1.165) is 54.8 Å². The first-order valence-electron chi connectivity index (χ1n) is 9.93. The van der Waals surface area contributed by atoms with Crippen molar-refractivity contribution in [2.45, 2.75) is 31.5 Å². The monoisotopic (exact) mass is 461 g/mol. The standard InChI is InChI=1S/C22H19ClF3N5O/c23-16-10-6-13(7-11-16)18-12-19(31-30-18)28-21(27-17-2-1-3-17)29-20(32)14-4-8-15(9-5-14)22(24,25)26/h4-12,17H,1-3H2,(H3,27,28,29,30,31,32). The minimum Gasteiger partial charge on any atom is -0.309 e. The first-order valence-corrected chi connectivity index (χ1v) is 10.3. The summed E-state index contributed by atoms with van der Waals surface area (Å²) in [5, 5.41) is 13.3. The summed E-state index contributed by atoms with van der Waals surface area (Å²) in [7, 11) is 0. The highest BCUT2D eigenvalue weighted by Gasteiger charge is 2.30. The molecule has 6 nitrogen and oxygen atoms in total. The molecule has 3 N–H and O–H groups in total. The molecule has 0 atom stereocenters. The summed E-state index contributed by atoms with van der Waals surface area (Å²) in [6, 6.07) is 13.0. The van der Waals surface area contributed by atoms with Gasteiger partial charge in [0, 0.05) is 16.7 Å². The Morgan fingerprint density at radius 1 is 1.09 bits per heavy atom. The van der Waals surface area contributed by atoms with E-state index >= 15 is 0 Å². The fraction of sp³-hybridized carbons (Fsp3) is 0.227. The van der Waals surface area contributed by atoms with E-state index in [1.54, 1.807) is 18.2 Å². The molecule has 0 saturated heterocycles. The Labute approximate surface area is 186 Å². The highest BCUT2D eigenvalue weighted by Crippen LogP contribution is 2.29. The van der Waals surface area contributed by atoms with Crippen LogP contribution in [-0.2, 0) is 6.18 Å². The molecule has 0 aliphatic heterocycles. The lowest BCUT2D eigenvalue weighted by molar-refractivity contribution is -0.137. The van der Waals surface area contributed by atoms with E-state index in [2.05, 4.69) is 25.8 Å². The number of nitrogens with zero attached hydrogens (tertiary/aromatic N) is 2. The molecule has 1 aliphatic rings. The van der Waals surface area contributed by atoms with Crippen molar-refractivity contribution >= 4 is 29.3 Å². The van der Waals surface area contributed by atoms with E-state index in [0.29, 0.717) is 10.8 Å². The summed E-state index contributed by atoms with van der Waals surface area (Å²) >= 11 is 5.92. The summed E-state index contributed by atoms with van der Waals surface area (Å²) < 4.78 is 38.3. The predicted octanol–water partition coefficient (Wildman–Crippen LogP) is 5.50. The average molecular weight is 462 g/mol. The maximum absolute atomic E-state index is 12.8. The fourth-order valence-corrected chi connectivity index (χ4v) is 3.19. The molecule has 1 aliphatic carbocycles. The number of carbonyl (C=O) groups excluding carboxylic acids is 1. The SMILES string of the molecule is O=C(NC(=NC1CCC1)Nc1cc(-c2ccc(Cl)cc2)[nH]n1)c1ccc(C(F)(F)F)cc1. The fourth-order valence-electron chi connectivity index (χ4n) is 3.07. The molecule has 0 radical (unpaired) electrons. The first-order chi connectivity index (χ1) is 15.3. The number of hydrogen-bond donors (Lipinski definition) is 3. The number of alkyl halides is 3. The first kappa shape index (κ1) is 21.9. The van der Waals surface area contributed by atoms with Crippen LogP contribution >= 0.6 is 11.6 Å². The largest absolute Gasteiger partial charge is 0.416 e. The molecule has 10 heteroatoms. The summed E-state index contributed by atoms with van der Waals surface area (Å²) in [5.74, 6) is 0.0484. The predicted molar refractivity (Wildman–Crippen MR) is 117 cm³/mol. The van der Waals surface area contributed by atoms with Crippen LogP contribution in [0.25, 0.3) is 11.3 Å². The van der Waals surface area contributed by atoms with Gasteiger partial charge in [0.25, 0.3) is 5.91 Å². The van der Waals surface area contributed by atoms with Crippen LogP contribution < -0.4 is 10.6 Å². The van der Waals surface area contributed by atoms with Crippen LogP contribution in [0.4, 0.5) is 19.0 Å². The zero-order valence-corrected chi connectivity index (χ0v) is 17.5. The molecule has 32 heavy (non-hydrogen) atoms. The van der Waals surface area contributed by atoms with Crippen molar-refractivity contribution in [3.05, 3.63) is 70.7 Å². The smallest absolute Gasteiger partial charge is 0.309 e. The Morgan fingerprint density at radius 2 is 1.78 bits per heavy atom. The van der Waals surface area contributed by atoms with Gasteiger partial charge in [0.2, 0.25) is 5.96 Å². The van der Waals surface area contributed by atoms with E-state index in [-0.39, 0.29) is 17.6 Å². The Hall–Kier alpha value is -3.33. The number of nitrogens with one attached hydrogen (secondary N) is 3. The maximum atomic E-state index is 12.8. The van der Waals surface area contributed by atoms with Crippen molar-refractivity contribution in [1.29, 1.82) is 0 Å². The molecule has 1 amide bonds. The lowest BCUT2D eigenvalue weighted by atomic mass is 9.94. The molecule has 0 bridgehead atoms. The van der Waals surface area contributed by atoms with Crippen LogP contribution in [0.15, 0.2) is 59.6 Å². The van der Waals surface area contributed by atoms with Crippen molar-refractivity contribution in [3.8, 4) is 11.3 Å². The van der Waals surface area contributed by atoms with Gasteiger partial charge in [0.05, 0.1) is 17.3 Å². The number of hydrogen-bond acceptors (Lipinski definition) is 3. The number of aromatic amines is 1. The van der Waals surface area contributed by atoms with E-state index in [1.807, 2.05) is 12.1 Å². The maximum Gasteiger partial charge on any atom is 0.416 e. The zero-order chi connectivity index (χ0) is 22.7. The summed E-state index contributed by atoms with van der Waals surface area (Å²) in [6.45, 7) is 0. The molecule has 1 saturated carbocycles. The number of halogens is 4. The number of aromatic nitrogens is 2. The number of anilines is 1.